The number of aromatic hydroxyl groups is 1. The lowest BCUT2D eigenvalue weighted by Gasteiger charge is -1.95. The first-order valence-corrected chi connectivity index (χ1v) is 4.39. The van der Waals surface area contributed by atoms with Gasteiger partial charge in [-0.2, -0.15) is 0 Å². The van der Waals surface area contributed by atoms with Gasteiger partial charge in [0.2, 0.25) is 0 Å². The molecule has 2 rings (SSSR count). The minimum Gasteiger partial charge on any atom is -0.506 e. The summed E-state index contributed by atoms with van der Waals surface area (Å²) in [5.74, 6) is 0.0492. The Labute approximate surface area is 90.4 Å². The molecule has 0 radical (unpaired) electrons. The molecule has 0 amide bonds. The van der Waals surface area contributed by atoms with Crippen molar-refractivity contribution in [3.8, 4) is 5.75 Å². The summed E-state index contributed by atoms with van der Waals surface area (Å²) in [5, 5.41) is 20.4. The number of phenolic OH excluding ortho intramolecular Hbond substituents is 1. The standard InChI is InChI=1S/C9H9N5O2/c10-8-7(9(11)16-14-8)13-12-5-3-1-2-4-6(5)15/h1-4,15H,11H2,(H2,10,14). The Morgan fingerprint density at radius 3 is 2.56 bits per heavy atom. The number of phenols is 1. The van der Waals surface area contributed by atoms with Crippen LogP contribution in [-0.2, 0) is 0 Å². The molecular formula is C9H9N5O2. The molecule has 1 aromatic carbocycles. The lowest BCUT2D eigenvalue weighted by atomic mass is 10.3. The van der Waals surface area contributed by atoms with Crippen LogP contribution in [0.4, 0.5) is 23.1 Å². The molecule has 82 valence electrons. The third-order valence-electron chi connectivity index (χ3n) is 1.86. The van der Waals surface area contributed by atoms with Gasteiger partial charge in [-0.3, -0.25) is 0 Å². The summed E-state index contributed by atoms with van der Waals surface area (Å²) in [5.41, 5.74) is 11.3. The van der Waals surface area contributed by atoms with E-state index in [1.54, 1.807) is 18.2 Å². The molecule has 0 unspecified atom stereocenters. The minimum absolute atomic E-state index is 0.0137. The van der Waals surface area contributed by atoms with Crippen LogP contribution in [0.15, 0.2) is 39.0 Å². The van der Waals surface area contributed by atoms with E-state index < -0.39 is 0 Å². The van der Waals surface area contributed by atoms with Gasteiger partial charge < -0.3 is 21.1 Å². The van der Waals surface area contributed by atoms with Crippen LogP contribution in [0.1, 0.15) is 0 Å². The maximum Gasteiger partial charge on any atom is 0.252 e. The second-order valence-corrected chi connectivity index (χ2v) is 2.97. The Hall–Kier alpha value is -2.57. The molecule has 0 aliphatic heterocycles. The van der Waals surface area contributed by atoms with Gasteiger partial charge in [-0.1, -0.05) is 17.3 Å². The number of benzene rings is 1. The van der Waals surface area contributed by atoms with E-state index in [1.807, 2.05) is 0 Å². The third kappa shape index (κ3) is 1.78. The Morgan fingerprint density at radius 2 is 1.94 bits per heavy atom. The van der Waals surface area contributed by atoms with Crippen molar-refractivity contribution >= 4 is 23.1 Å². The van der Waals surface area contributed by atoms with Gasteiger partial charge in [-0.15, -0.1) is 10.2 Å². The van der Waals surface area contributed by atoms with Crippen LogP contribution in [0.2, 0.25) is 0 Å². The van der Waals surface area contributed by atoms with Crippen LogP contribution < -0.4 is 11.5 Å². The molecule has 5 N–H and O–H groups in total. The lowest BCUT2D eigenvalue weighted by Crippen LogP contribution is -1.84. The Bertz CT molecular complexity index is 515. The molecule has 0 fully saturated rings. The highest BCUT2D eigenvalue weighted by Crippen LogP contribution is 2.32. The summed E-state index contributed by atoms with van der Waals surface area (Å²) < 4.78 is 4.60. The summed E-state index contributed by atoms with van der Waals surface area (Å²) in [4.78, 5) is 0. The molecule has 0 saturated heterocycles. The van der Waals surface area contributed by atoms with Gasteiger partial charge in [0.15, 0.2) is 11.5 Å². The molecule has 7 nitrogen and oxygen atoms in total. The molecule has 0 saturated carbocycles. The summed E-state index contributed by atoms with van der Waals surface area (Å²) in [6, 6.07) is 6.48. The normalized spacial score (nSPS) is 11.0. The van der Waals surface area contributed by atoms with Crippen molar-refractivity contribution in [1.82, 2.24) is 5.16 Å². The van der Waals surface area contributed by atoms with Crippen LogP contribution in [0, 0.1) is 0 Å². The average Bonchev–Trinajstić information content (AvgIpc) is 2.58. The molecule has 2 aromatic rings. The van der Waals surface area contributed by atoms with Gasteiger partial charge in [0.25, 0.3) is 5.88 Å². The van der Waals surface area contributed by atoms with E-state index >= 15 is 0 Å². The number of nitrogens with two attached hydrogens (primary N) is 2. The second-order valence-electron chi connectivity index (χ2n) is 2.97. The van der Waals surface area contributed by atoms with Gasteiger partial charge in [-0.25, -0.2) is 0 Å². The fourth-order valence-electron chi connectivity index (χ4n) is 1.06. The van der Waals surface area contributed by atoms with Crippen molar-refractivity contribution in [2.45, 2.75) is 0 Å². The maximum absolute atomic E-state index is 9.42. The van der Waals surface area contributed by atoms with E-state index in [9.17, 15) is 5.11 Å². The Kier molecular flexibility index (Phi) is 2.42. The Morgan fingerprint density at radius 1 is 1.19 bits per heavy atom. The zero-order valence-electron chi connectivity index (χ0n) is 8.16. The fourth-order valence-corrected chi connectivity index (χ4v) is 1.06. The van der Waals surface area contributed by atoms with Crippen LogP contribution in [-0.4, -0.2) is 10.3 Å². The minimum atomic E-state index is -0.0170. The molecule has 0 aliphatic rings. The number of aromatic nitrogens is 1. The smallest absolute Gasteiger partial charge is 0.252 e. The highest BCUT2D eigenvalue weighted by Gasteiger charge is 2.09. The first kappa shape index (κ1) is 9.97. The van der Waals surface area contributed by atoms with Gasteiger partial charge in [0.1, 0.15) is 11.4 Å². The van der Waals surface area contributed by atoms with Crippen molar-refractivity contribution in [3.05, 3.63) is 24.3 Å². The van der Waals surface area contributed by atoms with Crippen LogP contribution in [0.3, 0.4) is 0 Å². The Balaban J connectivity index is 2.32. The molecule has 0 bridgehead atoms. The first-order chi connectivity index (χ1) is 7.68. The number of para-hydroxylation sites is 1. The number of nitrogens with zero attached hydrogens (tertiary/aromatic N) is 3. The van der Waals surface area contributed by atoms with Crippen LogP contribution in [0.25, 0.3) is 0 Å². The van der Waals surface area contributed by atoms with E-state index in [0.29, 0.717) is 5.69 Å². The van der Waals surface area contributed by atoms with Crippen molar-refractivity contribution < 1.29 is 9.63 Å². The molecular weight excluding hydrogens is 210 g/mol. The lowest BCUT2D eigenvalue weighted by molar-refractivity contribution is 0.440. The van der Waals surface area contributed by atoms with Gasteiger partial charge in [0.05, 0.1) is 0 Å². The largest absolute Gasteiger partial charge is 0.506 e. The summed E-state index contributed by atoms with van der Waals surface area (Å²) in [7, 11) is 0. The summed E-state index contributed by atoms with van der Waals surface area (Å²) in [6.07, 6.45) is 0. The highest BCUT2D eigenvalue weighted by molar-refractivity contribution is 5.68. The molecule has 0 atom stereocenters. The third-order valence-corrected chi connectivity index (χ3v) is 1.86. The van der Waals surface area contributed by atoms with Crippen molar-refractivity contribution in [2.75, 3.05) is 11.5 Å². The average molecular weight is 219 g/mol. The predicted molar refractivity (Wildman–Crippen MR) is 57.6 cm³/mol. The summed E-state index contributed by atoms with van der Waals surface area (Å²) >= 11 is 0. The van der Waals surface area contributed by atoms with E-state index in [4.69, 9.17) is 11.5 Å². The fraction of sp³-hybridized carbons (Fsp3) is 0. The topological polar surface area (TPSA) is 123 Å². The van der Waals surface area contributed by atoms with Crippen molar-refractivity contribution in [1.29, 1.82) is 0 Å². The second kappa shape index (κ2) is 3.89. The number of rotatable bonds is 2. The highest BCUT2D eigenvalue weighted by atomic mass is 16.5. The molecule has 1 heterocycles. The van der Waals surface area contributed by atoms with Crippen molar-refractivity contribution in [2.24, 2.45) is 10.2 Å². The zero-order valence-corrected chi connectivity index (χ0v) is 8.16. The van der Waals surface area contributed by atoms with Gasteiger partial charge in [0, 0.05) is 0 Å². The number of nitrogen functional groups attached to an aromatic ring is 2. The van der Waals surface area contributed by atoms with Crippen LogP contribution in [0.5, 0.6) is 5.75 Å². The van der Waals surface area contributed by atoms with E-state index in [2.05, 4.69) is 19.9 Å². The van der Waals surface area contributed by atoms with Gasteiger partial charge >= 0.3 is 0 Å². The van der Waals surface area contributed by atoms with E-state index in [-0.39, 0.29) is 23.1 Å². The van der Waals surface area contributed by atoms with E-state index in [1.165, 1.54) is 6.07 Å². The predicted octanol–water partition coefficient (Wildman–Crippen LogP) is 1.96. The van der Waals surface area contributed by atoms with E-state index in [0.717, 1.165) is 0 Å². The van der Waals surface area contributed by atoms with Gasteiger partial charge in [-0.05, 0) is 12.1 Å². The number of hydrogen-bond acceptors (Lipinski definition) is 7. The number of anilines is 2. The quantitative estimate of drug-likeness (QED) is 0.666. The SMILES string of the molecule is Nc1noc(N)c1N=Nc1ccccc1O. The first-order valence-electron chi connectivity index (χ1n) is 4.39. The monoisotopic (exact) mass is 219 g/mol. The molecule has 16 heavy (non-hydrogen) atoms. The molecule has 0 spiro atoms. The molecule has 7 heteroatoms. The van der Waals surface area contributed by atoms with Crippen LogP contribution >= 0.6 is 0 Å². The zero-order chi connectivity index (χ0) is 11.5. The van der Waals surface area contributed by atoms with Crippen molar-refractivity contribution in [3.63, 3.8) is 0 Å². The number of hydrogen-bond donors (Lipinski definition) is 3. The maximum atomic E-state index is 9.42. The summed E-state index contributed by atoms with van der Waals surface area (Å²) in [6.45, 7) is 0. The number of azo groups is 1. The molecule has 0 aliphatic carbocycles. The molecule has 1 aromatic heterocycles.